The third-order valence-electron chi connectivity index (χ3n) is 5.56. The molecule has 0 N–H and O–H groups in total. The number of benzene rings is 1. The van der Waals surface area contributed by atoms with Gasteiger partial charge in [0.15, 0.2) is 0 Å². The van der Waals surface area contributed by atoms with E-state index in [9.17, 15) is 14.0 Å². The topological polar surface area (TPSA) is 53.5 Å². The third-order valence-corrected chi connectivity index (χ3v) is 6.33. The molecule has 2 amide bonds. The number of amides is 2. The minimum atomic E-state index is -0.482. The smallest absolute Gasteiger partial charge is 0.273 e. The molecule has 27 heavy (non-hydrogen) atoms. The van der Waals surface area contributed by atoms with E-state index in [4.69, 9.17) is 0 Å². The van der Waals surface area contributed by atoms with Crippen LogP contribution in [0.3, 0.4) is 0 Å². The maximum absolute atomic E-state index is 14.0. The molecule has 2 saturated heterocycles. The molecular weight excluding hydrogens is 365 g/mol. The molecule has 142 valence electrons. The minimum absolute atomic E-state index is 0.0112. The highest BCUT2D eigenvalue weighted by Gasteiger charge is 2.40. The van der Waals surface area contributed by atoms with Crippen molar-refractivity contribution in [3.05, 3.63) is 51.7 Å². The van der Waals surface area contributed by atoms with Crippen molar-refractivity contribution in [2.24, 2.45) is 5.92 Å². The number of rotatable bonds is 2. The summed E-state index contributed by atoms with van der Waals surface area (Å²) in [5, 5.41) is 2.70. The molecule has 1 aromatic heterocycles. The number of carbonyl (C=O) groups is 2. The normalized spacial score (nSPS) is 22.4. The van der Waals surface area contributed by atoms with Crippen molar-refractivity contribution in [1.29, 1.82) is 0 Å². The van der Waals surface area contributed by atoms with E-state index in [2.05, 4.69) is 4.98 Å². The van der Waals surface area contributed by atoms with Crippen molar-refractivity contribution in [1.82, 2.24) is 14.8 Å². The van der Waals surface area contributed by atoms with Gasteiger partial charge in [0.25, 0.3) is 11.8 Å². The molecule has 2 aliphatic rings. The van der Waals surface area contributed by atoms with E-state index < -0.39 is 5.82 Å². The Kier molecular flexibility index (Phi) is 4.95. The largest absolute Gasteiger partial charge is 0.338 e. The van der Waals surface area contributed by atoms with Crippen LogP contribution in [0.25, 0.3) is 0 Å². The highest BCUT2D eigenvalue weighted by molar-refractivity contribution is 7.09. The fraction of sp³-hybridized carbons (Fsp3) is 0.450. The number of thiazole rings is 1. The molecule has 2 atom stereocenters. The predicted octanol–water partition coefficient (Wildman–Crippen LogP) is 3.36. The Hall–Kier alpha value is -2.28. The van der Waals surface area contributed by atoms with Crippen molar-refractivity contribution in [3.63, 3.8) is 0 Å². The molecule has 0 radical (unpaired) electrons. The molecule has 0 spiro atoms. The van der Waals surface area contributed by atoms with E-state index in [1.54, 1.807) is 17.0 Å². The molecule has 0 unspecified atom stereocenters. The van der Waals surface area contributed by atoms with Crippen LogP contribution < -0.4 is 0 Å². The number of halogens is 1. The van der Waals surface area contributed by atoms with Crippen LogP contribution in [-0.4, -0.2) is 52.3 Å². The Morgan fingerprint density at radius 2 is 2.00 bits per heavy atom. The maximum Gasteiger partial charge on any atom is 0.273 e. The molecule has 2 aliphatic heterocycles. The first-order valence-corrected chi connectivity index (χ1v) is 10.2. The number of hydrogen-bond acceptors (Lipinski definition) is 4. The van der Waals surface area contributed by atoms with E-state index in [1.807, 2.05) is 17.2 Å². The lowest BCUT2D eigenvalue weighted by molar-refractivity contribution is 0.0193. The first kappa shape index (κ1) is 18.1. The monoisotopic (exact) mass is 387 g/mol. The standard InChI is InChI=1S/C20H22FN3O2S/c1-13-22-17(12-27-13)20(26)24-9-4-5-14-11-23(10-8-18(14)24)19(25)15-6-2-3-7-16(15)21/h2-3,6-7,12,14,18H,4-5,8-11H2,1H3/t14-,18+/m1/s1. The van der Waals surface area contributed by atoms with Gasteiger partial charge in [0.2, 0.25) is 0 Å². The number of piperidine rings is 2. The lowest BCUT2D eigenvalue weighted by Crippen LogP contribution is -2.56. The van der Waals surface area contributed by atoms with Gasteiger partial charge in [-0.05, 0) is 44.2 Å². The molecule has 2 fully saturated rings. The van der Waals surface area contributed by atoms with Crippen molar-refractivity contribution in [2.45, 2.75) is 32.2 Å². The first-order valence-electron chi connectivity index (χ1n) is 9.31. The Labute approximate surface area is 161 Å². The van der Waals surface area contributed by atoms with Gasteiger partial charge in [-0.1, -0.05) is 12.1 Å². The molecular formula is C20H22FN3O2S. The summed E-state index contributed by atoms with van der Waals surface area (Å²) >= 11 is 1.48. The zero-order chi connectivity index (χ0) is 19.0. The van der Waals surface area contributed by atoms with Gasteiger partial charge in [0.05, 0.1) is 10.6 Å². The van der Waals surface area contributed by atoms with Gasteiger partial charge < -0.3 is 9.80 Å². The molecule has 5 nitrogen and oxygen atoms in total. The second kappa shape index (κ2) is 7.38. The highest BCUT2D eigenvalue weighted by Crippen LogP contribution is 2.32. The summed E-state index contributed by atoms with van der Waals surface area (Å²) in [4.78, 5) is 33.6. The molecule has 7 heteroatoms. The second-order valence-electron chi connectivity index (χ2n) is 7.24. The zero-order valence-electron chi connectivity index (χ0n) is 15.2. The number of aryl methyl sites for hydroxylation is 1. The number of aromatic nitrogens is 1. The summed E-state index contributed by atoms with van der Waals surface area (Å²) in [5.74, 6) is -0.524. The summed E-state index contributed by atoms with van der Waals surface area (Å²) in [6.45, 7) is 3.73. The molecule has 1 aromatic carbocycles. The van der Waals surface area contributed by atoms with E-state index >= 15 is 0 Å². The van der Waals surface area contributed by atoms with E-state index in [0.29, 0.717) is 18.8 Å². The summed E-state index contributed by atoms with van der Waals surface area (Å²) in [7, 11) is 0. The molecule has 0 aliphatic carbocycles. The van der Waals surface area contributed by atoms with Crippen LogP contribution in [0, 0.1) is 18.7 Å². The third kappa shape index (κ3) is 3.48. The van der Waals surface area contributed by atoms with Crippen LogP contribution in [0.15, 0.2) is 29.6 Å². The van der Waals surface area contributed by atoms with E-state index in [0.717, 1.165) is 30.8 Å². The van der Waals surface area contributed by atoms with Crippen molar-refractivity contribution < 1.29 is 14.0 Å². The molecule has 2 aromatic rings. The number of fused-ring (bicyclic) bond motifs is 1. The summed E-state index contributed by atoms with van der Waals surface area (Å²) < 4.78 is 14.0. The van der Waals surface area contributed by atoms with E-state index in [1.165, 1.54) is 23.5 Å². The van der Waals surface area contributed by atoms with Crippen molar-refractivity contribution in [3.8, 4) is 0 Å². The van der Waals surface area contributed by atoms with Gasteiger partial charge in [0, 0.05) is 31.1 Å². The predicted molar refractivity (Wildman–Crippen MR) is 101 cm³/mol. The zero-order valence-corrected chi connectivity index (χ0v) is 16.0. The summed E-state index contributed by atoms with van der Waals surface area (Å²) in [5.41, 5.74) is 0.639. The van der Waals surface area contributed by atoms with Gasteiger partial charge in [-0.25, -0.2) is 9.37 Å². The Morgan fingerprint density at radius 3 is 2.74 bits per heavy atom. The van der Waals surface area contributed by atoms with E-state index in [-0.39, 0.29) is 29.3 Å². The Balaban J connectivity index is 1.48. The van der Waals surface area contributed by atoms with Gasteiger partial charge >= 0.3 is 0 Å². The quantitative estimate of drug-likeness (QED) is 0.794. The first-order chi connectivity index (χ1) is 13.0. The maximum atomic E-state index is 14.0. The van der Waals surface area contributed by atoms with Crippen LogP contribution in [-0.2, 0) is 0 Å². The van der Waals surface area contributed by atoms with Crippen LogP contribution in [0.4, 0.5) is 4.39 Å². The van der Waals surface area contributed by atoms with Crippen molar-refractivity contribution >= 4 is 23.2 Å². The summed E-state index contributed by atoms with van der Waals surface area (Å²) in [6.07, 6.45) is 2.61. The SMILES string of the molecule is Cc1nc(C(=O)N2CCC[C@@H]3CN(C(=O)c4ccccc4F)CC[C@@H]32)cs1. The minimum Gasteiger partial charge on any atom is -0.338 e. The van der Waals surface area contributed by atoms with Crippen molar-refractivity contribution in [2.75, 3.05) is 19.6 Å². The molecule has 3 heterocycles. The Morgan fingerprint density at radius 1 is 1.19 bits per heavy atom. The van der Waals surface area contributed by atoms with Crippen LogP contribution in [0.1, 0.15) is 45.1 Å². The van der Waals surface area contributed by atoms with Crippen LogP contribution >= 0.6 is 11.3 Å². The molecule has 0 saturated carbocycles. The van der Waals surface area contributed by atoms with Gasteiger partial charge in [0.1, 0.15) is 11.5 Å². The second-order valence-corrected chi connectivity index (χ2v) is 8.30. The molecule has 0 bridgehead atoms. The van der Waals surface area contributed by atoms with Crippen LogP contribution in [0.2, 0.25) is 0 Å². The molecule has 4 rings (SSSR count). The van der Waals surface area contributed by atoms with Gasteiger partial charge in [-0.2, -0.15) is 0 Å². The highest BCUT2D eigenvalue weighted by atomic mass is 32.1. The lowest BCUT2D eigenvalue weighted by atomic mass is 9.83. The summed E-state index contributed by atoms with van der Waals surface area (Å²) in [6, 6.07) is 6.24. The lowest BCUT2D eigenvalue weighted by Gasteiger charge is -2.47. The number of hydrogen-bond donors (Lipinski definition) is 0. The fourth-order valence-electron chi connectivity index (χ4n) is 4.25. The van der Waals surface area contributed by atoms with Gasteiger partial charge in [-0.3, -0.25) is 9.59 Å². The Bertz CT molecular complexity index is 868. The average molecular weight is 387 g/mol. The number of carbonyl (C=O) groups excluding carboxylic acids is 2. The number of likely N-dealkylation sites (tertiary alicyclic amines) is 2. The average Bonchev–Trinajstić information content (AvgIpc) is 3.12. The van der Waals surface area contributed by atoms with Crippen LogP contribution in [0.5, 0.6) is 0 Å². The van der Waals surface area contributed by atoms with Gasteiger partial charge in [-0.15, -0.1) is 11.3 Å². The number of nitrogens with zero attached hydrogens (tertiary/aromatic N) is 3. The fourth-order valence-corrected chi connectivity index (χ4v) is 4.84.